The van der Waals surface area contributed by atoms with Crippen LogP contribution in [0.1, 0.15) is 123 Å². The number of hydrogen-bond acceptors (Lipinski definition) is 10. The zero-order chi connectivity index (χ0) is 49.7. The SMILES string of the molecule is CC(=O)N1CCc2c(c(N3CCCc4cc(-c5cnn(C)c5)c(C(F)F)cc43)nn2C2CCN(C3CCN(c4ccc5c(n4)CN(C4C(C)(C)C(Oc6ccc(C#N)c(Cl)c6)C4(C)C)C5=O)CC3)CC2)C1. The Hall–Kier alpha value is -6.05. The number of nitrogens with zero attached hydrogens (tertiary/aromatic N) is 11. The minimum atomic E-state index is -2.66. The molecule has 11 rings (SSSR count). The highest BCUT2D eigenvalue weighted by Gasteiger charge is 2.67. The van der Waals surface area contributed by atoms with Crippen LogP contribution >= 0.6 is 11.6 Å². The molecule has 1 saturated carbocycles. The van der Waals surface area contributed by atoms with Gasteiger partial charge in [0, 0.05) is 123 Å². The summed E-state index contributed by atoms with van der Waals surface area (Å²) in [7, 11) is 1.79. The highest BCUT2D eigenvalue weighted by atomic mass is 35.5. The molecule has 0 N–H and O–H groups in total. The van der Waals surface area contributed by atoms with Gasteiger partial charge in [-0.3, -0.25) is 19.0 Å². The third kappa shape index (κ3) is 8.11. The van der Waals surface area contributed by atoms with E-state index < -0.39 is 6.43 Å². The van der Waals surface area contributed by atoms with Crippen LogP contribution < -0.4 is 14.5 Å². The van der Waals surface area contributed by atoms with E-state index in [1.165, 1.54) is 0 Å². The number of halogens is 3. The maximum atomic E-state index is 14.8. The molecule has 5 aromatic rings. The van der Waals surface area contributed by atoms with Gasteiger partial charge in [0.1, 0.15) is 23.7 Å². The molecule has 14 nitrogen and oxygen atoms in total. The number of pyridine rings is 1. The first kappa shape index (κ1) is 47.3. The van der Waals surface area contributed by atoms with E-state index >= 15 is 0 Å². The van der Waals surface area contributed by atoms with Gasteiger partial charge < -0.3 is 29.2 Å². The number of aromatic nitrogens is 5. The average molecular weight is 987 g/mol. The summed E-state index contributed by atoms with van der Waals surface area (Å²) in [6.45, 7) is 16.1. The molecule has 1 aliphatic carbocycles. The Balaban J connectivity index is 0.746. The van der Waals surface area contributed by atoms with Crippen LogP contribution in [0, 0.1) is 22.2 Å². The summed E-state index contributed by atoms with van der Waals surface area (Å²) in [5.74, 6) is 2.34. The Morgan fingerprint density at radius 3 is 2.34 bits per heavy atom. The second-order valence-electron chi connectivity index (χ2n) is 21.8. The van der Waals surface area contributed by atoms with Crippen molar-refractivity contribution in [2.24, 2.45) is 17.9 Å². The fourth-order valence-electron chi connectivity index (χ4n) is 13.6. The third-order valence-corrected chi connectivity index (χ3v) is 17.0. The molecule has 2 aromatic carbocycles. The Morgan fingerprint density at radius 2 is 1.66 bits per heavy atom. The second-order valence-corrected chi connectivity index (χ2v) is 22.2. The molecule has 8 heterocycles. The normalized spacial score (nSPS) is 22.3. The number of ether oxygens (including phenoxy) is 1. The van der Waals surface area contributed by atoms with Crippen LogP contribution in [0.4, 0.5) is 26.1 Å². The summed E-state index contributed by atoms with van der Waals surface area (Å²) in [5.41, 5.74) is 6.32. The Labute approximate surface area is 419 Å². The molecule has 5 aliphatic heterocycles. The lowest BCUT2D eigenvalue weighted by atomic mass is 9.49. The van der Waals surface area contributed by atoms with Crippen LogP contribution in [-0.2, 0) is 37.8 Å². The van der Waals surface area contributed by atoms with Crippen LogP contribution in [-0.4, -0.2) is 109 Å². The van der Waals surface area contributed by atoms with Crippen molar-refractivity contribution < 1.29 is 23.1 Å². The molecule has 0 unspecified atom stereocenters. The van der Waals surface area contributed by atoms with Gasteiger partial charge in [-0.05, 0) is 86.1 Å². The molecular formula is C54H62ClF2N11O3. The molecule has 0 radical (unpaired) electrons. The van der Waals surface area contributed by atoms with Crippen LogP contribution in [0.3, 0.4) is 0 Å². The van der Waals surface area contributed by atoms with Crippen molar-refractivity contribution in [2.45, 2.75) is 123 Å². The largest absolute Gasteiger partial charge is 0.489 e. The average Bonchev–Trinajstić information content (AvgIpc) is 4.06. The van der Waals surface area contributed by atoms with E-state index in [0.29, 0.717) is 71.7 Å². The van der Waals surface area contributed by atoms with E-state index in [2.05, 4.69) is 58.2 Å². The summed E-state index contributed by atoms with van der Waals surface area (Å²) in [4.78, 5) is 43.0. The van der Waals surface area contributed by atoms with E-state index in [0.717, 1.165) is 105 Å². The zero-order valence-electron chi connectivity index (χ0n) is 41.5. The molecule has 0 spiro atoms. The van der Waals surface area contributed by atoms with Gasteiger partial charge in [-0.2, -0.15) is 15.5 Å². The lowest BCUT2D eigenvalue weighted by molar-refractivity contribution is -0.199. The monoisotopic (exact) mass is 985 g/mol. The van der Waals surface area contributed by atoms with Gasteiger partial charge in [-0.15, -0.1) is 0 Å². The fourth-order valence-corrected chi connectivity index (χ4v) is 13.8. The standard InChI is InChI=1S/C54H62ClF2N11O3/c1-32(69)65-23-17-45-42(30-65)49(66-18-7-8-33-24-40(35-28-59-62(6)29-35)41(48(56)57)26-46(33)66)61-68(45)37-15-19-63(20-16-37)36-13-21-64(22-14-36)47-12-11-39-44(60-47)31-67(50(39)70)51-53(2,3)52(54(51,4)5)71-38-10-9-34(27-58)43(55)25-38/h9-12,24-26,28-29,36-37,48,51-52H,7-8,13-23,30-31H2,1-6H3. The van der Waals surface area contributed by atoms with Gasteiger partial charge in [-0.25, -0.2) is 13.8 Å². The third-order valence-electron chi connectivity index (χ3n) is 16.7. The van der Waals surface area contributed by atoms with Gasteiger partial charge in [0.05, 0.1) is 47.2 Å². The van der Waals surface area contributed by atoms with Crippen molar-refractivity contribution >= 4 is 40.7 Å². The summed E-state index contributed by atoms with van der Waals surface area (Å²) in [5, 5.41) is 19.3. The van der Waals surface area contributed by atoms with Gasteiger partial charge in [0.25, 0.3) is 12.3 Å². The second kappa shape index (κ2) is 17.9. The minimum Gasteiger partial charge on any atom is -0.489 e. The number of benzene rings is 2. The quantitative estimate of drug-likeness (QED) is 0.141. The molecule has 2 amide bonds. The number of hydrogen-bond donors (Lipinski definition) is 0. The van der Waals surface area contributed by atoms with Gasteiger partial charge >= 0.3 is 0 Å². The van der Waals surface area contributed by atoms with E-state index in [1.807, 2.05) is 28.0 Å². The number of alkyl halides is 2. The van der Waals surface area contributed by atoms with Crippen molar-refractivity contribution in [3.8, 4) is 22.9 Å². The van der Waals surface area contributed by atoms with Crippen LogP contribution in [0.15, 0.2) is 54.9 Å². The first-order chi connectivity index (χ1) is 34.0. The van der Waals surface area contributed by atoms with E-state index in [4.69, 9.17) is 26.4 Å². The Bertz CT molecular complexity index is 2950. The van der Waals surface area contributed by atoms with Crippen LogP contribution in [0.5, 0.6) is 5.75 Å². The predicted molar refractivity (Wildman–Crippen MR) is 267 cm³/mol. The number of anilines is 3. The molecule has 3 fully saturated rings. The van der Waals surface area contributed by atoms with Gasteiger partial charge in [-0.1, -0.05) is 39.3 Å². The predicted octanol–water partition coefficient (Wildman–Crippen LogP) is 9.27. The maximum Gasteiger partial charge on any atom is 0.264 e. The number of nitriles is 1. The van der Waals surface area contributed by atoms with E-state index in [9.17, 15) is 23.6 Å². The number of rotatable bonds is 9. The lowest BCUT2D eigenvalue weighted by Crippen LogP contribution is -2.74. The number of carbonyl (C=O) groups is 2. The maximum absolute atomic E-state index is 14.8. The number of amides is 2. The molecule has 0 bridgehead atoms. The smallest absolute Gasteiger partial charge is 0.264 e. The van der Waals surface area contributed by atoms with Gasteiger partial charge in [0.15, 0.2) is 5.82 Å². The van der Waals surface area contributed by atoms with Crippen molar-refractivity contribution in [1.29, 1.82) is 5.26 Å². The molecule has 3 aromatic heterocycles. The molecule has 0 atom stereocenters. The number of piperidine rings is 2. The highest BCUT2D eigenvalue weighted by molar-refractivity contribution is 6.31. The molecule has 6 aliphatic rings. The first-order valence-corrected chi connectivity index (χ1v) is 25.6. The number of carbonyl (C=O) groups excluding carboxylic acids is 2. The summed E-state index contributed by atoms with van der Waals surface area (Å²) < 4.78 is 40.0. The first-order valence-electron chi connectivity index (χ1n) is 25.2. The van der Waals surface area contributed by atoms with Crippen molar-refractivity contribution in [3.63, 3.8) is 0 Å². The van der Waals surface area contributed by atoms with Crippen molar-refractivity contribution in [2.75, 3.05) is 49.1 Å². The number of aryl methyl sites for hydroxylation is 2. The Morgan fingerprint density at radius 1 is 0.915 bits per heavy atom. The lowest BCUT2D eigenvalue weighted by Gasteiger charge is -2.65. The molecular weight excluding hydrogens is 924 g/mol. The molecule has 17 heteroatoms. The highest BCUT2D eigenvalue weighted by Crippen LogP contribution is 2.59. The summed E-state index contributed by atoms with van der Waals surface area (Å²) in [6.07, 6.45) is 6.86. The topological polar surface area (TPSA) is 132 Å². The minimum absolute atomic E-state index is 0.00749. The molecule has 2 saturated heterocycles. The number of likely N-dealkylation sites (tertiary alicyclic amines) is 1. The number of fused-ring (bicyclic) bond motifs is 3. The summed E-state index contributed by atoms with van der Waals surface area (Å²) >= 11 is 6.34. The fraction of sp³-hybridized carbons (Fsp3) is 0.519. The van der Waals surface area contributed by atoms with E-state index in [1.54, 1.807) is 55.3 Å². The van der Waals surface area contributed by atoms with E-state index in [-0.39, 0.29) is 46.4 Å². The van der Waals surface area contributed by atoms with Crippen molar-refractivity contribution in [1.82, 2.24) is 39.2 Å². The molecule has 71 heavy (non-hydrogen) atoms. The van der Waals surface area contributed by atoms with Crippen LogP contribution in [0.25, 0.3) is 11.1 Å². The van der Waals surface area contributed by atoms with Gasteiger partial charge in [0.2, 0.25) is 5.91 Å². The van der Waals surface area contributed by atoms with Crippen LogP contribution in [0.2, 0.25) is 5.02 Å². The zero-order valence-corrected chi connectivity index (χ0v) is 42.2. The van der Waals surface area contributed by atoms with Crippen molar-refractivity contribution in [3.05, 3.63) is 99.1 Å². The molecule has 372 valence electrons. The Kier molecular flexibility index (Phi) is 11.9. The summed E-state index contributed by atoms with van der Waals surface area (Å²) in [6, 6.07) is 15.4.